The van der Waals surface area contributed by atoms with E-state index in [9.17, 15) is 4.79 Å². The zero-order valence-electron chi connectivity index (χ0n) is 11.0. The summed E-state index contributed by atoms with van der Waals surface area (Å²) in [6, 6.07) is 7.49. The molecule has 1 aromatic rings. The van der Waals surface area contributed by atoms with Crippen LogP contribution in [0.3, 0.4) is 0 Å². The molecule has 3 N–H and O–H groups in total. The van der Waals surface area contributed by atoms with Gasteiger partial charge in [-0.05, 0) is 30.5 Å². The van der Waals surface area contributed by atoms with Gasteiger partial charge in [-0.25, -0.2) is 0 Å². The normalized spacial score (nSPS) is 9.78. The molecule has 0 fully saturated rings. The van der Waals surface area contributed by atoms with Crippen molar-refractivity contribution in [1.82, 2.24) is 0 Å². The van der Waals surface area contributed by atoms with Crippen LogP contribution in [0.4, 0.5) is 5.69 Å². The number of nitrogens with two attached hydrogens (primary N) is 1. The summed E-state index contributed by atoms with van der Waals surface area (Å²) >= 11 is 0. The van der Waals surface area contributed by atoms with Gasteiger partial charge < -0.3 is 11.1 Å². The highest BCUT2D eigenvalue weighted by Gasteiger charge is 2.04. The Labute approximate surface area is 109 Å². The second kappa shape index (κ2) is 7.52. The van der Waals surface area contributed by atoms with Gasteiger partial charge in [0.25, 0.3) is 0 Å². The molecule has 0 radical (unpaired) electrons. The van der Waals surface area contributed by atoms with E-state index in [1.807, 2.05) is 24.3 Å². The Balaban J connectivity index is 2.59. The third-order valence-electron chi connectivity index (χ3n) is 2.43. The number of amides is 1. The topological polar surface area (TPSA) is 55.1 Å². The number of hydrogen-bond acceptors (Lipinski definition) is 2. The van der Waals surface area contributed by atoms with Crippen molar-refractivity contribution in [3.8, 4) is 11.8 Å². The van der Waals surface area contributed by atoms with Gasteiger partial charge in [0, 0.05) is 17.7 Å². The van der Waals surface area contributed by atoms with Crippen LogP contribution in [0.25, 0.3) is 0 Å². The molecule has 3 heteroatoms. The summed E-state index contributed by atoms with van der Waals surface area (Å²) in [4.78, 5) is 11.7. The molecule has 0 saturated carbocycles. The van der Waals surface area contributed by atoms with Crippen molar-refractivity contribution < 1.29 is 4.79 Å². The van der Waals surface area contributed by atoms with E-state index in [1.54, 1.807) is 0 Å². The largest absolute Gasteiger partial charge is 0.326 e. The molecule has 0 aliphatic carbocycles. The molecule has 18 heavy (non-hydrogen) atoms. The van der Waals surface area contributed by atoms with Crippen LogP contribution in [0, 0.1) is 17.8 Å². The number of hydrogen-bond donors (Lipinski definition) is 2. The average Bonchev–Trinajstić information content (AvgIpc) is 2.34. The maximum atomic E-state index is 11.7. The number of anilines is 1. The van der Waals surface area contributed by atoms with Gasteiger partial charge in [-0.3, -0.25) is 4.79 Å². The van der Waals surface area contributed by atoms with Crippen molar-refractivity contribution in [3.63, 3.8) is 0 Å². The highest BCUT2D eigenvalue weighted by Crippen LogP contribution is 2.11. The van der Waals surface area contributed by atoms with Crippen molar-refractivity contribution in [2.24, 2.45) is 11.7 Å². The van der Waals surface area contributed by atoms with E-state index in [0.29, 0.717) is 18.9 Å². The van der Waals surface area contributed by atoms with Crippen LogP contribution in [-0.4, -0.2) is 12.5 Å². The van der Waals surface area contributed by atoms with Gasteiger partial charge in [0.05, 0.1) is 6.54 Å². The van der Waals surface area contributed by atoms with Crippen LogP contribution in [0.15, 0.2) is 24.3 Å². The number of nitrogens with one attached hydrogen (secondary N) is 1. The van der Waals surface area contributed by atoms with Crippen LogP contribution < -0.4 is 11.1 Å². The zero-order valence-corrected chi connectivity index (χ0v) is 11.0. The van der Waals surface area contributed by atoms with Crippen LogP contribution in [0.5, 0.6) is 0 Å². The predicted molar refractivity (Wildman–Crippen MR) is 75.1 cm³/mol. The fraction of sp³-hybridized carbons (Fsp3) is 0.400. The molecule has 1 aromatic carbocycles. The lowest BCUT2D eigenvalue weighted by atomic mass is 10.1. The molecule has 0 unspecified atom stereocenters. The monoisotopic (exact) mass is 244 g/mol. The second-order valence-electron chi connectivity index (χ2n) is 4.57. The van der Waals surface area contributed by atoms with Crippen molar-refractivity contribution >= 4 is 11.6 Å². The van der Waals surface area contributed by atoms with Crippen LogP contribution in [-0.2, 0) is 4.79 Å². The SMILES string of the molecule is CC(C)CCC(=O)Nc1cccc(C#CCN)c1. The van der Waals surface area contributed by atoms with Crippen LogP contribution in [0.2, 0.25) is 0 Å². The van der Waals surface area contributed by atoms with E-state index in [1.165, 1.54) is 0 Å². The first-order valence-electron chi connectivity index (χ1n) is 6.20. The zero-order chi connectivity index (χ0) is 13.4. The predicted octanol–water partition coefficient (Wildman–Crippen LogP) is 2.37. The Morgan fingerprint density at radius 3 is 2.89 bits per heavy atom. The van der Waals surface area contributed by atoms with Gasteiger partial charge in [-0.1, -0.05) is 31.8 Å². The Morgan fingerprint density at radius 2 is 2.22 bits per heavy atom. The van der Waals surface area contributed by atoms with E-state index in [-0.39, 0.29) is 5.91 Å². The third-order valence-corrected chi connectivity index (χ3v) is 2.43. The Hall–Kier alpha value is -1.79. The van der Waals surface area contributed by atoms with Crippen molar-refractivity contribution in [3.05, 3.63) is 29.8 Å². The van der Waals surface area contributed by atoms with Gasteiger partial charge in [0.15, 0.2) is 0 Å². The second-order valence-corrected chi connectivity index (χ2v) is 4.57. The molecular formula is C15H20N2O. The minimum absolute atomic E-state index is 0.0487. The van der Waals surface area contributed by atoms with Crippen molar-refractivity contribution in [2.45, 2.75) is 26.7 Å². The van der Waals surface area contributed by atoms with Gasteiger partial charge in [0.1, 0.15) is 0 Å². The molecular weight excluding hydrogens is 224 g/mol. The standard InChI is InChI=1S/C15H20N2O/c1-12(2)8-9-15(18)17-14-7-3-5-13(11-14)6-4-10-16/h3,5,7,11-12H,8-10,16H2,1-2H3,(H,17,18). The molecule has 3 nitrogen and oxygen atoms in total. The highest BCUT2D eigenvalue weighted by atomic mass is 16.1. The van der Waals surface area contributed by atoms with Gasteiger partial charge in [-0.2, -0.15) is 0 Å². The van der Waals surface area contributed by atoms with Gasteiger partial charge in [0.2, 0.25) is 5.91 Å². The van der Waals surface area contributed by atoms with Crippen LogP contribution >= 0.6 is 0 Å². The average molecular weight is 244 g/mol. The molecule has 0 bridgehead atoms. The molecule has 0 heterocycles. The molecule has 0 atom stereocenters. The van der Waals surface area contributed by atoms with Gasteiger partial charge >= 0.3 is 0 Å². The van der Waals surface area contributed by atoms with E-state index < -0.39 is 0 Å². The van der Waals surface area contributed by atoms with Gasteiger partial charge in [-0.15, -0.1) is 0 Å². The van der Waals surface area contributed by atoms with E-state index >= 15 is 0 Å². The van der Waals surface area contributed by atoms with Crippen LogP contribution in [0.1, 0.15) is 32.3 Å². The lowest BCUT2D eigenvalue weighted by Crippen LogP contribution is -2.12. The number of benzene rings is 1. The molecule has 0 aliphatic rings. The first-order valence-corrected chi connectivity index (χ1v) is 6.20. The molecule has 0 spiro atoms. The fourth-order valence-corrected chi connectivity index (χ4v) is 1.47. The maximum absolute atomic E-state index is 11.7. The minimum atomic E-state index is 0.0487. The Bertz CT molecular complexity index is 455. The maximum Gasteiger partial charge on any atom is 0.224 e. The molecule has 0 aromatic heterocycles. The number of carbonyl (C=O) groups is 1. The summed E-state index contributed by atoms with van der Waals surface area (Å²) in [5.74, 6) is 6.32. The quantitative estimate of drug-likeness (QED) is 0.799. The number of carbonyl (C=O) groups excluding carboxylic acids is 1. The molecule has 96 valence electrons. The molecule has 1 rings (SSSR count). The Morgan fingerprint density at radius 1 is 1.44 bits per heavy atom. The summed E-state index contributed by atoms with van der Waals surface area (Å²) < 4.78 is 0. The highest BCUT2D eigenvalue weighted by molar-refractivity contribution is 5.90. The first-order chi connectivity index (χ1) is 8.61. The summed E-state index contributed by atoms with van der Waals surface area (Å²) in [5, 5.41) is 2.88. The summed E-state index contributed by atoms with van der Waals surface area (Å²) in [6.07, 6.45) is 1.45. The Kier molecular flexibility index (Phi) is 5.96. The van der Waals surface area contributed by atoms with Crippen molar-refractivity contribution in [1.29, 1.82) is 0 Å². The van der Waals surface area contributed by atoms with Crippen molar-refractivity contribution in [2.75, 3.05) is 11.9 Å². The fourth-order valence-electron chi connectivity index (χ4n) is 1.47. The lowest BCUT2D eigenvalue weighted by Gasteiger charge is -2.07. The molecule has 1 amide bonds. The molecule has 0 saturated heterocycles. The van der Waals surface area contributed by atoms with E-state index in [4.69, 9.17) is 5.73 Å². The third kappa shape index (κ3) is 5.51. The number of rotatable bonds is 4. The molecule has 0 aliphatic heterocycles. The minimum Gasteiger partial charge on any atom is -0.326 e. The summed E-state index contributed by atoms with van der Waals surface area (Å²) in [6.45, 7) is 4.55. The lowest BCUT2D eigenvalue weighted by molar-refractivity contribution is -0.116. The van der Waals surface area contributed by atoms with E-state index in [2.05, 4.69) is 31.0 Å². The summed E-state index contributed by atoms with van der Waals surface area (Å²) in [7, 11) is 0. The summed E-state index contributed by atoms with van der Waals surface area (Å²) in [5.41, 5.74) is 6.97. The first kappa shape index (κ1) is 14.3. The van der Waals surface area contributed by atoms with E-state index in [0.717, 1.165) is 17.7 Å². The smallest absolute Gasteiger partial charge is 0.224 e.